The molecule has 102 valence electrons. The van der Waals surface area contributed by atoms with Crippen LogP contribution >= 0.6 is 0 Å². The van der Waals surface area contributed by atoms with Crippen molar-refractivity contribution >= 4 is 11.6 Å². The van der Waals surface area contributed by atoms with E-state index in [1.165, 1.54) is 0 Å². The van der Waals surface area contributed by atoms with Crippen molar-refractivity contribution in [3.05, 3.63) is 12.4 Å². The molecule has 0 saturated heterocycles. The van der Waals surface area contributed by atoms with Crippen molar-refractivity contribution < 1.29 is 4.74 Å². The van der Waals surface area contributed by atoms with Crippen molar-refractivity contribution in [2.45, 2.75) is 39.7 Å². The van der Waals surface area contributed by atoms with Gasteiger partial charge in [0.25, 0.3) is 0 Å². The lowest BCUT2D eigenvalue weighted by Crippen LogP contribution is -2.33. The first-order valence-electron chi connectivity index (χ1n) is 6.51. The molecule has 5 heteroatoms. The molecule has 0 atom stereocenters. The van der Waals surface area contributed by atoms with E-state index in [0.29, 0.717) is 13.2 Å². The first-order chi connectivity index (χ1) is 8.57. The van der Waals surface area contributed by atoms with Crippen molar-refractivity contribution in [1.29, 1.82) is 0 Å². The molecule has 0 amide bonds. The van der Waals surface area contributed by atoms with Gasteiger partial charge in [-0.15, -0.1) is 0 Å². The van der Waals surface area contributed by atoms with Crippen LogP contribution in [0, 0.1) is 0 Å². The zero-order valence-corrected chi connectivity index (χ0v) is 11.8. The fraction of sp³-hybridized carbons (Fsp3) is 0.692. The summed E-state index contributed by atoms with van der Waals surface area (Å²) in [6.45, 7) is 10.6. The van der Waals surface area contributed by atoms with E-state index in [1.54, 1.807) is 6.33 Å². The topological polar surface area (TPSA) is 59.1 Å². The van der Waals surface area contributed by atoms with Gasteiger partial charge in [0.05, 0.1) is 5.60 Å². The molecule has 0 radical (unpaired) electrons. The molecule has 1 aromatic heterocycles. The van der Waals surface area contributed by atoms with Gasteiger partial charge in [-0.2, -0.15) is 0 Å². The van der Waals surface area contributed by atoms with E-state index in [4.69, 9.17) is 4.74 Å². The zero-order valence-electron chi connectivity index (χ0n) is 11.8. The zero-order chi connectivity index (χ0) is 13.4. The summed E-state index contributed by atoms with van der Waals surface area (Å²) in [6, 6.07) is 1.91. The highest BCUT2D eigenvalue weighted by atomic mass is 16.5. The van der Waals surface area contributed by atoms with Crippen LogP contribution in [0.4, 0.5) is 11.6 Å². The summed E-state index contributed by atoms with van der Waals surface area (Å²) in [5.74, 6) is 1.67. The molecule has 0 unspecified atom stereocenters. The largest absolute Gasteiger partial charge is 0.374 e. The van der Waals surface area contributed by atoms with Crippen LogP contribution < -0.4 is 10.6 Å². The SMILES string of the molecule is CCCNc1cc(NCC(C)(C)OCC)ncn1. The minimum atomic E-state index is -0.198. The third-order valence-corrected chi connectivity index (χ3v) is 2.45. The maximum atomic E-state index is 5.62. The summed E-state index contributed by atoms with van der Waals surface area (Å²) in [5, 5.41) is 6.51. The lowest BCUT2D eigenvalue weighted by Gasteiger charge is -2.25. The fourth-order valence-corrected chi connectivity index (χ4v) is 1.55. The van der Waals surface area contributed by atoms with Crippen molar-refractivity contribution in [2.75, 3.05) is 30.3 Å². The number of nitrogens with zero attached hydrogens (tertiary/aromatic N) is 2. The Bertz CT molecular complexity index is 355. The average molecular weight is 252 g/mol. The maximum absolute atomic E-state index is 5.62. The van der Waals surface area contributed by atoms with Crippen molar-refractivity contribution in [2.24, 2.45) is 0 Å². The van der Waals surface area contributed by atoms with E-state index in [2.05, 4.69) is 41.4 Å². The Hall–Kier alpha value is -1.36. The molecule has 1 heterocycles. The van der Waals surface area contributed by atoms with Crippen LogP contribution in [-0.4, -0.2) is 35.3 Å². The highest BCUT2D eigenvalue weighted by molar-refractivity contribution is 5.46. The average Bonchev–Trinajstić information content (AvgIpc) is 2.35. The van der Waals surface area contributed by atoms with Crippen LogP contribution in [0.5, 0.6) is 0 Å². The second-order valence-corrected chi connectivity index (χ2v) is 4.76. The molecule has 0 saturated carbocycles. The van der Waals surface area contributed by atoms with Gasteiger partial charge >= 0.3 is 0 Å². The Balaban J connectivity index is 2.51. The third-order valence-electron chi connectivity index (χ3n) is 2.45. The predicted octanol–water partition coefficient (Wildman–Crippen LogP) is 2.53. The highest BCUT2D eigenvalue weighted by Crippen LogP contribution is 2.13. The molecular weight excluding hydrogens is 228 g/mol. The van der Waals surface area contributed by atoms with Crippen LogP contribution in [0.1, 0.15) is 34.1 Å². The lowest BCUT2D eigenvalue weighted by atomic mass is 10.1. The fourth-order valence-electron chi connectivity index (χ4n) is 1.55. The molecule has 0 aliphatic heterocycles. The molecule has 0 spiro atoms. The summed E-state index contributed by atoms with van der Waals surface area (Å²) >= 11 is 0. The van der Waals surface area contributed by atoms with E-state index in [1.807, 2.05) is 13.0 Å². The number of aromatic nitrogens is 2. The Morgan fingerprint density at radius 1 is 1.17 bits per heavy atom. The normalized spacial score (nSPS) is 11.3. The molecular formula is C13H24N4O. The van der Waals surface area contributed by atoms with Gasteiger partial charge in [0.1, 0.15) is 18.0 Å². The van der Waals surface area contributed by atoms with Crippen LogP contribution in [0.25, 0.3) is 0 Å². The van der Waals surface area contributed by atoms with Crippen molar-refractivity contribution in [3.63, 3.8) is 0 Å². The summed E-state index contributed by atoms with van der Waals surface area (Å²) in [5.41, 5.74) is -0.198. The predicted molar refractivity (Wildman–Crippen MR) is 75.0 cm³/mol. The van der Waals surface area contributed by atoms with E-state index in [9.17, 15) is 0 Å². The number of ether oxygens (including phenoxy) is 1. The monoisotopic (exact) mass is 252 g/mol. The second kappa shape index (κ2) is 7.16. The third kappa shape index (κ3) is 5.31. The van der Waals surface area contributed by atoms with Gasteiger partial charge < -0.3 is 15.4 Å². The molecule has 2 N–H and O–H groups in total. The molecule has 5 nitrogen and oxygen atoms in total. The van der Waals surface area contributed by atoms with E-state index >= 15 is 0 Å². The molecule has 1 aromatic rings. The molecule has 0 aliphatic carbocycles. The molecule has 18 heavy (non-hydrogen) atoms. The molecule has 0 fully saturated rings. The maximum Gasteiger partial charge on any atom is 0.131 e. The minimum absolute atomic E-state index is 0.198. The van der Waals surface area contributed by atoms with Crippen LogP contribution in [-0.2, 0) is 4.74 Å². The molecule has 0 aromatic carbocycles. The smallest absolute Gasteiger partial charge is 0.131 e. The number of anilines is 2. The quantitative estimate of drug-likeness (QED) is 0.744. The van der Waals surface area contributed by atoms with Crippen LogP contribution in [0.2, 0.25) is 0 Å². The first kappa shape index (κ1) is 14.7. The summed E-state index contributed by atoms with van der Waals surface area (Å²) in [6.07, 6.45) is 2.64. The number of rotatable bonds is 8. The van der Waals surface area contributed by atoms with Gasteiger partial charge in [0, 0.05) is 25.8 Å². The molecule has 1 rings (SSSR count). The summed E-state index contributed by atoms with van der Waals surface area (Å²) < 4.78 is 5.62. The number of hydrogen-bond donors (Lipinski definition) is 2. The number of nitrogens with one attached hydrogen (secondary N) is 2. The Labute approximate surface area is 109 Å². The molecule has 0 aliphatic rings. The Kier molecular flexibility index (Phi) is 5.85. The van der Waals surface area contributed by atoms with Crippen LogP contribution in [0.15, 0.2) is 12.4 Å². The number of hydrogen-bond acceptors (Lipinski definition) is 5. The summed E-state index contributed by atoms with van der Waals surface area (Å²) in [4.78, 5) is 8.36. The standard InChI is InChI=1S/C13H24N4O/c1-5-7-14-11-8-12(17-10-16-11)15-9-13(3,4)18-6-2/h8,10H,5-7,9H2,1-4H3,(H2,14,15,16,17). The highest BCUT2D eigenvalue weighted by Gasteiger charge is 2.17. The van der Waals surface area contributed by atoms with E-state index in [-0.39, 0.29) is 5.60 Å². The van der Waals surface area contributed by atoms with Crippen molar-refractivity contribution in [3.8, 4) is 0 Å². The Morgan fingerprint density at radius 2 is 1.83 bits per heavy atom. The first-order valence-corrected chi connectivity index (χ1v) is 6.51. The Morgan fingerprint density at radius 3 is 2.44 bits per heavy atom. The van der Waals surface area contributed by atoms with E-state index < -0.39 is 0 Å². The minimum Gasteiger partial charge on any atom is -0.374 e. The van der Waals surface area contributed by atoms with Gasteiger partial charge in [-0.05, 0) is 27.2 Å². The summed E-state index contributed by atoms with van der Waals surface area (Å²) in [7, 11) is 0. The van der Waals surface area contributed by atoms with Gasteiger partial charge in [-0.25, -0.2) is 9.97 Å². The second-order valence-electron chi connectivity index (χ2n) is 4.76. The van der Waals surface area contributed by atoms with Crippen LogP contribution in [0.3, 0.4) is 0 Å². The van der Waals surface area contributed by atoms with Gasteiger partial charge in [-0.1, -0.05) is 6.92 Å². The molecule has 0 bridgehead atoms. The lowest BCUT2D eigenvalue weighted by molar-refractivity contribution is 0.000641. The van der Waals surface area contributed by atoms with Gasteiger partial charge in [0.2, 0.25) is 0 Å². The van der Waals surface area contributed by atoms with Gasteiger partial charge in [0.15, 0.2) is 0 Å². The van der Waals surface area contributed by atoms with E-state index in [0.717, 1.165) is 24.6 Å². The van der Waals surface area contributed by atoms with Gasteiger partial charge in [-0.3, -0.25) is 0 Å². The van der Waals surface area contributed by atoms with Crippen molar-refractivity contribution in [1.82, 2.24) is 9.97 Å².